The molecule has 1 fully saturated rings. The third-order valence-electron chi connectivity index (χ3n) is 4.63. The first kappa shape index (κ1) is 19.9. The molecule has 1 aliphatic heterocycles. The minimum absolute atomic E-state index is 0.00592. The van der Waals surface area contributed by atoms with Gasteiger partial charge in [-0.1, -0.05) is 24.3 Å². The van der Waals surface area contributed by atoms with Crippen LogP contribution in [0.15, 0.2) is 41.8 Å². The zero-order valence-corrected chi connectivity index (χ0v) is 17.0. The molecule has 1 aromatic heterocycles. The lowest BCUT2D eigenvalue weighted by Crippen LogP contribution is -2.46. The number of hydrogen-bond donors (Lipinski definition) is 0. The summed E-state index contributed by atoms with van der Waals surface area (Å²) in [4.78, 5) is 17.8. The van der Waals surface area contributed by atoms with Gasteiger partial charge in [0.2, 0.25) is 5.91 Å². The molecule has 1 aromatic carbocycles. The summed E-state index contributed by atoms with van der Waals surface area (Å²) >= 11 is 1.62. The molecule has 0 N–H and O–H groups in total. The number of ether oxygens (including phenoxy) is 1. The molecule has 27 heavy (non-hydrogen) atoms. The van der Waals surface area contributed by atoms with Gasteiger partial charge in [0.05, 0.1) is 31.7 Å². The van der Waals surface area contributed by atoms with Crippen molar-refractivity contribution in [3.63, 3.8) is 0 Å². The Hall–Kier alpha value is -1.90. The Morgan fingerprint density at radius 3 is 2.56 bits per heavy atom. The molecule has 0 spiro atoms. The largest absolute Gasteiger partial charge is 0.496 e. The van der Waals surface area contributed by atoms with E-state index in [4.69, 9.17) is 4.74 Å². The summed E-state index contributed by atoms with van der Waals surface area (Å²) in [6.07, 6.45) is 0. The quantitative estimate of drug-likeness (QED) is 0.701. The van der Waals surface area contributed by atoms with Crippen LogP contribution in [0.3, 0.4) is 0 Å². The third-order valence-corrected chi connectivity index (χ3v) is 7.10. The van der Waals surface area contributed by atoms with E-state index >= 15 is 0 Å². The number of sulfone groups is 1. The van der Waals surface area contributed by atoms with Gasteiger partial charge in [-0.3, -0.25) is 9.69 Å². The van der Waals surface area contributed by atoms with E-state index in [2.05, 4.69) is 0 Å². The zero-order chi connectivity index (χ0) is 19.3. The maximum absolute atomic E-state index is 13.0. The topological polar surface area (TPSA) is 66.9 Å². The second kappa shape index (κ2) is 8.86. The van der Waals surface area contributed by atoms with Crippen molar-refractivity contribution in [2.45, 2.75) is 13.1 Å². The fourth-order valence-corrected chi connectivity index (χ4v) is 5.06. The number of nitrogens with zero attached hydrogens (tertiary/aromatic N) is 2. The lowest BCUT2D eigenvalue weighted by molar-refractivity contribution is -0.133. The Labute approximate surface area is 164 Å². The number of thiophene rings is 1. The first-order valence-electron chi connectivity index (χ1n) is 8.82. The molecule has 0 atom stereocenters. The lowest BCUT2D eigenvalue weighted by atomic mass is 10.2. The van der Waals surface area contributed by atoms with Crippen LogP contribution in [0, 0.1) is 0 Å². The van der Waals surface area contributed by atoms with Crippen LogP contribution in [-0.4, -0.2) is 62.4 Å². The van der Waals surface area contributed by atoms with Crippen molar-refractivity contribution in [2.75, 3.05) is 38.2 Å². The summed E-state index contributed by atoms with van der Waals surface area (Å²) < 4.78 is 28.6. The number of methoxy groups -OCH3 is 1. The van der Waals surface area contributed by atoms with Crippen LogP contribution in [-0.2, 0) is 27.7 Å². The molecule has 1 amide bonds. The fraction of sp³-hybridized carbons (Fsp3) is 0.421. The second-order valence-electron chi connectivity index (χ2n) is 6.57. The molecule has 2 heterocycles. The van der Waals surface area contributed by atoms with E-state index < -0.39 is 9.84 Å². The number of para-hydroxylation sites is 1. The smallest absolute Gasteiger partial charge is 0.237 e. The minimum Gasteiger partial charge on any atom is -0.496 e. The Morgan fingerprint density at radius 1 is 1.15 bits per heavy atom. The minimum atomic E-state index is -2.95. The van der Waals surface area contributed by atoms with Crippen LogP contribution in [0.25, 0.3) is 0 Å². The average Bonchev–Trinajstić information content (AvgIpc) is 3.16. The molecule has 0 radical (unpaired) electrons. The summed E-state index contributed by atoms with van der Waals surface area (Å²) in [5.74, 6) is 0.995. The molecule has 3 rings (SSSR count). The van der Waals surface area contributed by atoms with Crippen molar-refractivity contribution in [2.24, 2.45) is 0 Å². The van der Waals surface area contributed by atoms with E-state index in [0.29, 0.717) is 26.2 Å². The van der Waals surface area contributed by atoms with Crippen LogP contribution in [0.1, 0.15) is 10.4 Å². The van der Waals surface area contributed by atoms with Gasteiger partial charge >= 0.3 is 0 Å². The van der Waals surface area contributed by atoms with Gasteiger partial charge < -0.3 is 9.64 Å². The van der Waals surface area contributed by atoms with Crippen LogP contribution in [0.4, 0.5) is 0 Å². The molecule has 8 heteroatoms. The van der Waals surface area contributed by atoms with Crippen molar-refractivity contribution in [1.29, 1.82) is 0 Å². The van der Waals surface area contributed by atoms with Gasteiger partial charge in [0, 0.05) is 30.1 Å². The highest BCUT2D eigenvalue weighted by Crippen LogP contribution is 2.22. The van der Waals surface area contributed by atoms with Gasteiger partial charge in [0.25, 0.3) is 0 Å². The van der Waals surface area contributed by atoms with E-state index in [1.807, 2.05) is 51.6 Å². The third kappa shape index (κ3) is 5.54. The predicted octanol–water partition coefficient (Wildman–Crippen LogP) is 2.02. The summed E-state index contributed by atoms with van der Waals surface area (Å²) in [7, 11) is -1.33. The van der Waals surface area contributed by atoms with Gasteiger partial charge in [-0.2, -0.15) is 0 Å². The highest BCUT2D eigenvalue weighted by molar-refractivity contribution is 7.91. The van der Waals surface area contributed by atoms with E-state index in [-0.39, 0.29) is 24.0 Å². The first-order valence-corrected chi connectivity index (χ1v) is 11.5. The zero-order valence-electron chi connectivity index (χ0n) is 15.3. The number of carbonyl (C=O) groups excluding carboxylic acids is 1. The molecular weight excluding hydrogens is 384 g/mol. The molecular formula is C19H24N2O4S2. The van der Waals surface area contributed by atoms with Gasteiger partial charge in [-0.15, -0.1) is 11.3 Å². The Bertz CT molecular complexity index is 852. The van der Waals surface area contributed by atoms with Crippen molar-refractivity contribution in [3.8, 4) is 5.75 Å². The summed E-state index contributed by atoms with van der Waals surface area (Å²) in [5.41, 5.74) is 0.950. The van der Waals surface area contributed by atoms with Gasteiger partial charge in [-0.05, 0) is 17.5 Å². The Balaban J connectivity index is 1.72. The van der Waals surface area contributed by atoms with E-state index in [0.717, 1.165) is 16.2 Å². The van der Waals surface area contributed by atoms with Crippen LogP contribution in [0.5, 0.6) is 5.75 Å². The molecule has 146 valence electrons. The van der Waals surface area contributed by atoms with E-state index in [9.17, 15) is 13.2 Å². The molecule has 1 aliphatic rings. The van der Waals surface area contributed by atoms with Crippen LogP contribution >= 0.6 is 11.3 Å². The summed E-state index contributed by atoms with van der Waals surface area (Å²) in [6.45, 7) is 2.04. The highest BCUT2D eigenvalue weighted by atomic mass is 32.2. The molecule has 0 aliphatic carbocycles. The first-order chi connectivity index (χ1) is 13.0. The maximum atomic E-state index is 13.0. The molecule has 2 aromatic rings. The number of benzene rings is 1. The van der Waals surface area contributed by atoms with Crippen LogP contribution < -0.4 is 4.74 Å². The number of rotatable bonds is 7. The number of hydrogen-bond acceptors (Lipinski definition) is 6. The van der Waals surface area contributed by atoms with Gasteiger partial charge in [-0.25, -0.2) is 8.42 Å². The molecule has 0 bridgehead atoms. The van der Waals surface area contributed by atoms with Gasteiger partial charge in [0.15, 0.2) is 9.84 Å². The number of carbonyl (C=O) groups is 1. The molecule has 6 nitrogen and oxygen atoms in total. The van der Waals surface area contributed by atoms with Crippen molar-refractivity contribution < 1.29 is 17.9 Å². The average molecular weight is 409 g/mol. The highest BCUT2D eigenvalue weighted by Gasteiger charge is 2.25. The molecule has 1 saturated heterocycles. The fourth-order valence-electron chi connectivity index (χ4n) is 3.06. The summed E-state index contributed by atoms with van der Waals surface area (Å²) in [5, 5.41) is 2.00. The SMILES string of the molecule is COc1ccccc1CN(Cc1cccs1)C(=O)CN1CCS(=O)(=O)CC1. The normalized spacial score (nSPS) is 16.8. The van der Waals surface area contributed by atoms with Crippen LogP contribution in [0.2, 0.25) is 0 Å². The molecule has 0 saturated carbocycles. The standard InChI is InChI=1S/C19H24N2O4S2/c1-25-18-7-3-2-5-16(18)13-21(14-17-6-4-10-26-17)19(22)15-20-8-11-27(23,24)12-9-20/h2-7,10H,8-9,11-15H2,1H3. The van der Waals surface area contributed by atoms with E-state index in [1.54, 1.807) is 18.4 Å². The lowest BCUT2D eigenvalue weighted by Gasteiger charge is -2.29. The number of amides is 1. The van der Waals surface area contributed by atoms with Crippen molar-refractivity contribution >= 4 is 27.1 Å². The Kier molecular flexibility index (Phi) is 6.51. The van der Waals surface area contributed by atoms with E-state index in [1.165, 1.54) is 0 Å². The van der Waals surface area contributed by atoms with Gasteiger partial charge in [0.1, 0.15) is 5.75 Å². The monoisotopic (exact) mass is 408 g/mol. The second-order valence-corrected chi connectivity index (χ2v) is 9.90. The molecule has 0 unspecified atom stereocenters. The van der Waals surface area contributed by atoms with Crippen molar-refractivity contribution in [1.82, 2.24) is 9.80 Å². The van der Waals surface area contributed by atoms with Crippen molar-refractivity contribution in [3.05, 3.63) is 52.2 Å². The predicted molar refractivity (Wildman–Crippen MR) is 107 cm³/mol. The Morgan fingerprint density at radius 2 is 1.89 bits per heavy atom. The summed E-state index contributed by atoms with van der Waals surface area (Å²) in [6, 6.07) is 11.7. The maximum Gasteiger partial charge on any atom is 0.237 e.